The minimum Gasteiger partial charge on any atom is -0.457 e. The van der Waals surface area contributed by atoms with Crippen LogP contribution in [0.5, 0.6) is 11.5 Å². The number of fused-ring (bicyclic) bond motifs is 16. The average molecular weight is 970 g/mol. The van der Waals surface area contributed by atoms with E-state index in [4.69, 9.17) is 19.7 Å². The molecular formula is C70H43N5O. The number of benzene rings is 11. The Bertz CT molecular complexity index is 4550. The van der Waals surface area contributed by atoms with E-state index in [1.165, 1.54) is 49.2 Å². The fraction of sp³-hybridized carbons (Fsp3) is 0.0143. The second-order valence-corrected chi connectivity index (χ2v) is 19.9. The molecule has 0 saturated heterocycles. The molecule has 0 radical (unpaired) electrons. The molecule has 0 fully saturated rings. The first-order valence-corrected chi connectivity index (χ1v) is 25.8. The van der Waals surface area contributed by atoms with E-state index in [9.17, 15) is 0 Å². The molecule has 1 spiro atoms. The summed E-state index contributed by atoms with van der Waals surface area (Å²) < 4.78 is 11.7. The van der Waals surface area contributed by atoms with Crippen molar-refractivity contribution in [2.24, 2.45) is 0 Å². The van der Waals surface area contributed by atoms with Gasteiger partial charge in [0, 0.05) is 60.7 Å². The van der Waals surface area contributed by atoms with E-state index in [0.717, 1.165) is 78.5 Å². The SMILES string of the molecule is c1ccc(-c2nc(-c3ccccc3)nc(-c3ccc4c(c3)-c3ccc(-c5ccc6c7ccc8c(c9ccccc9n8-c8ccccc8)c7n(-c7ccccc7)c6c5)cc3C43c4ccccc4Oc4ccccc43)n2)cc1. The monoisotopic (exact) mass is 969 g/mol. The van der Waals surface area contributed by atoms with E-state index in [1.54, 1.807) is 0 Å². The Kier molecular flexibility index (Phi) is 9.15. The zero-order valence-electron chi connectivity index (χ0n) is 41.0. The first-order chi connectivity index (χ1) is 37.7. The molecule has 0 unspecified atom stereocenters. The summed E-state index contributed by atoms with van der Waals surface area (Å²) >= 11 is 0. The van der Waals surface area contributed by atoms with Crippen molar-refractivity contribution >= 4 is 43.6 Å². The van der Waals surface area contributed by atoms with E-state index in [2.05, 4.69) is 234 Å². The Morgan fingerprint density at radius 2 is 0.829 bits per heavy atom. The number of ether oxygens (including phenoxy) is 1. The van der Waals surface area contributed by atoms with Gasteiger partial charge in [0.2, 0.25) is 0 Å². The maximum atomic E-state index is 6.80. The van der Waals surface area contributed by atoms with Crippen molar-refractivity contribution in [2.45, 2.75) is 5.41 Å². The van der Waals surface area contributed by atoms with E-state index >= 15 is 0 Å². The van der Waals surface area contributed by atoms with Crippen molar-refractivity contribution < 1.29 is 4.74 Å². The molecule has 1 aliphatic carbocycles. The van der Waals surface area contributed by atoms with E-state index in [0.29, 0.717) is 17.5 Å². The summed E-state index contributed by atoms with van der Waals surface area (Å²) in [6, 6.07) is 93.4. The quantitative estimate of drug-likeness (QED) is 0.167. The van der Waals surface area contributed by atoms with Crippen molar-refractivity contribution in [3.05, 3.63) is 283 Å². The molecule has 76 heavy (non-hydrogen) atoms. The smallest absolute Gasteiger partial charge is 0.164 e. The van der Waals surface area contributed by atoms with Crippen LogP contribution in [0.2, 0.25) is 0 Å². The molecule has 11 aromatic carbocycles. The van der Waals surface area contributed by atoms with Crippen molar-refractivity contribution in [1.82, 2.24) is 24.1 Å². The predicted molar refractivity (Wildman–Crippen MR) is 308 cm³/mol. The third-order valence-corrected chi connectivity index (χ3v) is 15.8. The van der Waals surface area contributed by atoms with E-state index in [1.807, 2.05) is 36.4 Å². The van der Waals surface area contributed by atoms with Gasteiger partial charge in [-0.2, -0.15) is 0 Å². The van der Waals surface area contributed by atoms with Crippen molar-refractivity contribution in [2.75, 3.05) is 0 Å². The summed E-state index contributed by atoms with van der Waals surface area (Å²) in [4.78, 5) is 15.4. The van der Waals surface area contributed by atoms with Crippen LogP contribution in [-0.2, 0) is 5.41 Å². The van der Waals surface area contributed by atoms with Gasteiger partial charge in [-0.05, 0) is 100 Å². The summed E-state index contributed by atoms with van der Waals surface area (Å²) in [5, 5.41) is 4.87. The summed E-state index contributed by atoms with van der Waals surface area (Å²) in [6.07, 6.45) is 0. The Morgan fingerprint density at radius 3 is 1.50 bits per heavy atom. The molecule has 4 heterocycles. The van der Waals surface area contributed by atoms with Crippen molar-refractivity contribution in [1.29, 1.82) is 0 Å². The maximum absolute atomic E-state index is 6.80. The molecular weight excluding hydrogens is 927 g/mol. The van der Waals surface area contributed by atoms with Gasteiger partial charge >= 0.3 is 0 Å². The van der Waals surface area contributed by atoms with Crippen LogP contribution < -0.4 is 4.74 Å². The number of hydrogen-bond acceptors (Lipinski definition) is 4. The summed E-state index contributed by atoms with van der Waals surface area (Å²) in [5.41, 5.74) is 18.2. The van der Waals surface area contributed by atoms with Crippen molar-refractivity contribution in [3.63, 3.8) is 0 Å². The molecule has 0 bridgehead atoms. The molecule has 0 N–H and O–H groups in total. The lowest BCUT2D eigenvalue weighted by Gasteiger charge is -2.39. The number of rotatable bonds is 6. The van der Waals surface area contributed by atoms with Gasteiger partial charge in [0.1, 0.15) is 11.5 Å². The molecule has 6 nitrogen and oxygen atoms in total. The molecule has 14 aromatic rings. The highest BCUT2D eigenvalue weighted by molar-refractivity contribution is 6.26. The lowest BCUT2D eigenvalue weighted by molar-refractivity contribution is 0.436. The summed E-state index contributed by atoms with van der Waals surface area (Å²) in [6.45, 7) is 0. The standard InChI is InChI=1S/C70H43N5O/c1-5-19-44(20-6-1)67-71-68(45-21-7-2-8-22-45)73-69(72-67)48-35-39-56-55(41-48)51-36-33-46(42-59(51)70(56)57-28-14-17-31-63(57)76-64-32-18-15-29-58(64)70)47-34-37-52-53-38-40-61-65(66(53)75(62(52)43-47)50-25-11-4-12-26-50)54-27-13-16-30-60(54)74(61)49-23-9-3-10-24-49/h1-43H. The highest BCUT2D eigenvalue weighted by Gasteiger charge is 2.51. The Balaban J connectivity index is 0.935. The first-order valence-electron chi connectivity index (χ1n) is 25.8. The molecule has 1 aliphatic heterocycles. The van der Waals surface area contributed by atoms with Gasteiger partial charge in [-0.1, -0.05) is 194 Å². The van der Waals surface area contributed by atoms with E-state index in [-0.39, 0.29) is 0 Å². The van der Waals surface area contributed by atoms with Crippen LogP contribution in [0.3, 0.4) is 0 Å². The number of para-hydroxylation sites is 5. The predicted octanol–water partition coefficient (Wildman–Crippen LogP) is 17.2. The molecule has 16 rings (SSSR count). The van der Waals surface area contributed by atoms with Crippen LogP contribution in [0.4, 0.5) is 0 Å². The van der Waals surface area contributed by atoms with Gasteiger partial charge in [0.25, 0.3) is 0 Å². The molecule has 6 heteroatoms. The third-order valence-electron chi connectivity index (χ3n) is 15.8. The lowest BCUT2D eigenvalue weighted by atomic mass is 9.66. The van der Waals surface area contributed by atoms with Crippen LogP contribution >= 0.6 is 0 Å². The summed E-state index contributed by atoms with van der Waals surface area (Å²) in [5.74, 6) is 3.57. The van der Waals surface area contributed by atoms with Crippen LogP contribution in [0.15, 0.2) is 261 Å². The second kappa shape index (κ2) is 16.4. The Hall–Kier alpha value is -10.2. The minimum absolute atomic E-state index is 0.617. The Morgan fingerprint density at radius 1 is 0.303 bits per heavy atom. The molecule has 0 saturated carbocycles. The topological polar surface area (TPSA) is 57.8 Å². The summed E-state index contributed by atoms with van der Waals surface area (Å²) in [7, 11) is 0. The van der Waals surface area contributed by atoms with Crippen molar-refractivity contribution in [3.8, 4) is 79.3 Å². The minimum atomic E-state index is -0.699. The molecule has 354 valence electrons. The van der Waals surface area contributed by atoms with Gasteiger partial charge in [0.15, 0.2) is 17.5 Å². The normalized spacial score (nSPS) is 12.9. The third kappa shape index (κ3) is 6.12. The molecule has 0 atom stereocenters. The largest absolute Gasteiger partial charge is 0.457 e. The average Bonchev–Trinajstić information content (AvgIpc) is 4.12. The zero-order chi connectivity index (χ0) is 49.9. The number of hydrogen-bond donors (Lipinski definition) is 0. The van der Waals surface area contributed by atoms with Gasteiger partial charge in [-0.15, -0.1) is 0 Å². The highest BCUT2D eigenvalue weighted by atomic mass is 16.5. The van der Waals surface area contributed by atoms with Crippen LogP contribution in [0, 0.1) is 0 Å². The molecule has 2 aliphatic rings. The van der Waals surface area contributed by atoms with Gasteiger partial charge in [-0.25, -0.2) is 15.0 Å². The molecule has 3 aromatic heterocycles. The van der Waals surface area contributed by atoms with Gasteiger partial charge in [0.05, 0.1) is 27.5 Å². The molecule has 0 amide bonds. The lowest BCUT2D eigenvalue weighted by Crippen LogP contribution is -2.32. The van der Waals surface area contributed by atoms with Crippen LogP contribution in [0.25, 0.3) is 111 Å². The second-order valence-electron chi connectivity index (χ2n) is 19.9. The fourth-order valence-electron chi connectivity index (χ4n) is 12.6. The Labute approximate surface area is 438 Å². The first kappa shape index (κ1) is 42.3. The zero-order valence-corrected chi connectivity index (χ0v) is 41.0. The number of nitrogens with zero attached hydrogens (tertiary/aromatic N) is 5. The maximum Gasteiger partial charge on any atom is 0.164 e. The van der Waals surface area contributed by atoms with Crippen LogP contribution in [-0.4, -0.2) is 24.1 Å². The highest BCUT2D eigenvalue weighted by Crippen LogP contribution is 2.63. The van der Waals surface area contributed by atoms with Gasteiger partial charge in [-0.3, -0.25) is 0 Å². The van der Waals surface area contributed by atoms with Crippen LogP contribution in [0.1, 0.15) is 22.3 Å². The van der Waals surface area contributed by atoms with Gasteiger partial charge < -0.3 is 13.9 Å². The number of aromatic nitrogens is 5. The fourth-order valence-corrected chi connectivity index (χ4v) is 12.6. The van der Waals surface area contributed by atoms with E-state index < -0.39 is 5.41 Å².